The number of benzene rings is 2. The van der Waals surface area contributed by atoms with E-state index in [4.69, 9.17) is 10.5 Å². The summed E-state index contributed by atoms with van der Waals surface area (Å²) in [6, 6.07) is 17.7. The molecule has 1 aromatic heterocycles. The Morgan fingerprint density at radius 1 is 1.00 bits per heavy atom. The molecule has 1 fully saturated rings. The highest BCUT2D eigenvalue weighted by Crippen LogP contribution is 2.28. The summed E-state index contributed by atoms with van der Waals surface area (Å²) in [5, 5.41) is 6.52. The third kappa shape index (κ3) is 6.19. The van der Waals surface area contributed by atoms with Crippen molar-refractivity contribution in [2.75, 3.05) is 18.1 Å². The number of anilines is 2. The quantitative estimate of drug-likeness (QED) is 0.344. The van der Waals surface area contributed by atoms with E-state index in [2.05, 4.69) is 37.4 Å². The maximum atomic E-state index is 11.8. The number of rotatable bonds is 7. The molecule has 1 aliphatic rings. The molecule has 1 heterocycles. The molecule has 3 aromatic rings. The van der Waals surface area contributed by atoms with Crippen molar-refractivity contribution in [3.8, 4) is 23.3 Å². The van der Waals surface area contributed by atoms with Gasteiger partial charge in [-0.3, -0.25) is 9.79 Å². The standard InChI is InChI=1S/C28H30N6O2/c1-3-7-24(35)33-20-12-14-21(15-13-20)34-28-25(27(29)31-18-32-28)26(30-2)19-10-16-23(17-11-19)36-22-8-5-4-6-9-22/h4-6,8-11,16-18,20-21H,12-15H2,1-2H3,(H,33,35)(H3,29,31,32,34). The van der Waals surface area contributed by atoms with E-state index >= 15 is 0 Å². The third-order valence-corrected chi connectivity index (χ3v) is 6.09. The van der Waals surface area contributed by atoms with Crippen molar-refractivity contribution in [2.45, 2.75) is 44.7 Å². The van der Waals surface area contributed by atoms with Crippen LogP contribution in [0.1, 0.15) is 43.7 Å². The molecular formula is C28H30N6O2. The number of carbonyl (C=O) groups is 1. The van der Waals surface area contributed by atoms with Crippen molar-refractivity contribution in [1.29, 1.82) is 0 Å². The summed E-state index contributed by atoms with van der Waals surface area (Å²) in [6.45, 7) is 1.66. The van der Waals surface area contributed by atoms with E-state index in [0.717, 1.165) is 42.7 Å². The summed E-state index contributed by atoms with van der Waals surface area (Å²) in [5.41, 5.74) is 8.57. The maximum Gasteiger partial charge on any atom is 0.296 e. The Morgan fingerprint density at radius 3 is 2.33 bits per heavy atom. The predicted molar refractivity (Wildman–Crippen MR) is 142 cm³/mol. The first kappa shape index (κ1) is 24.7. The highest BCUT2D eigenvalue weighted by Gasteiger charge is 2.25. The van der Waals surface area contributed by atoms with Gasteiger partial charge in [0.25, 0.3) is 5.91 Å². The van der Waals surface area contributed by atoms with Crippen LogP contribution in [0.15, 0.2) is 65.9 Å². The highest BCUT2D eigenvalue weighted by atomic mass is 16.5. The zero-order valence-corrected chi connectivity index (χ0v) is 20.5. The molecule has 1 aliphatic carbocycles. The molecule has 0 saturated heterocycles. The lowest BCUT2D eigenvalue weighted by molar-refractivity contribution is -0.116. The summed E-state index contributed by atoms with van der Waals surface area (Å²) in [6.07, 6.45) is 4.96. The average molecular weight is 483 g/mol. The van der Waals surface area contributed by atoms with Crippen LogP contribution in [0.3, 0.4) is 0 Å². The highest BCUT2D eigenvalue weighted by molar-refractivity contribution is 6.18. The van der Waals surface area contributed by atoms with Gasteiger partial charge in [-0.05, 0) is 74.9 Å². The van der Waals surface area contributed by atoms with Crippen LogP contribution < -0.4 is 21.1 Å². The second-order valence-corrected chi connectivity index (χ2v) is 8.54. The molecule has 36 heavy (non-hydrogen) atoms. The fraction of sp³-hybridized carbons (Fsp3) is 0.286. The van der Waals surface area contributed by atoms with Gasteiger partial charge in [0.15, 0.2) is 0 Å². The molecule has 0 bridgehead atoms. The monoisotopic (exact) mass is 482 g/mol. The summed E-state index contributed by atoms with van der Waals surface area (Å²) in [7, 11) is 1.73. The van der Waals surface area contributed by atoms with Crippen LogP contribution in [0.5, 0.6) is 11.5 Å². The van der Waals surface area contributed by atoms with E-state index in [1.54, 1.807) is 14.0 Å². The molecule has 4 rings (SSSR count). The summed E-state index contributed by atoms with van der Waals surface area (Å²) in [4.78, 5) is 25.0. The molecule has 1 amide bonds. The number of nitrogen functional groups attached to an aromatic ring is 1. The smallest absolute Gasteiger partial charge is 0.296 e. The number of nitrogens with one attached hydrogen (secondary N) is 2. The van der Waals surface area contributed by atoms with E-state index in [1.165, 1.54) is 6.33 Å². The van der Waals surface area contributed by atoms with E-state index in [-0.39, 0.29) is 18.0 Å². The van der Waals surface area contributed by atoms with Gasteiger partial charge in [0, 0.05) is 24.7 Å². The lowest BCUT2D eigenvalue weighted by atomic mass is 9.91. The van der Waals surface area contributed by atoms with Gasteiger partial charge in [-0.1, -0.05) is 24.1 Å². The number of carbonyl (C=O) groups excluding carboxylic acids is 1. The first-order valence-corrected chi connectivity index (χ1v) is 12.0. The largest absolute Gasteiger partial charge is 0.457 e. The number of para-hydroxylation sites is 1. The van der Waals surface area contributed by atoms with Gasteiger partial charge in [0.1, 0.15) is 29.5 Å². The van der Waals surface area contributed by atoms with Crippen molar-refractivity contribution >= 4 is 23.3 Å². The Hall–Kier alpha value is -4.38. The molecule has 4 N–H and O–H groups in total. The molecular weight excluding hydrogens is 452 g/mol. The van der Waals surface area contributed by atoms with Crippen molar-refractivity contribution in [3.05, 3.63) is 72.1 Å². The average Bonchev–Trinajstić information content (AvgIpc) is 2.89. The van der Waals surface area contributed by atoms with Crippen LogP contribution in [-0.4, -0.2) is 40.7 Å². The maximum absolute atomic E-state index is 11.8. The lowest BCUT2D eigenvalue weighted by Crippen LogP contribution is -2.39. The number of nitrogens with two attached hydrogens (primary N) is 1. The van der Waals surface area contributed by atoms with Crippen LogP contribution in [0.4, 0.5) is 11.6 Å². The van der Waals surface area contributed by atoms with Crippen LogP contribution in [-0.2, 0) is 4.79 Å². The minimum Gasteiger partial charge on any atom is -0.457 e. The predicted octanol–water partition coefficient (Wildman–Crippen LogP) is 4.18. The first-order chi connectivity index (χ1) is 17.6. The summed E-state index contributed by atoms with van der Waals surface area (Å²) < 4.78 is 5.91. The Kier molecular flexibility index (Phi) is 8.14. The van der Waals surface area contributed by atoms with Gasteiger partial charge >= 0.3 is 0 Å². The fourth-order valence-electron chi connectivity index (χ4n) is 4.34. The number of amides is 1. The molecule has 0 atom stereocenters. The van der Waals surface area contributed by atoms with Crippen LogP contribution >= 0.6 is 0 Å². The van der Waals surface area contributed by atoms with Gasteiger partial charge in [-0.25, -0.2) is 9.97 Å². The summed E-state index contributed by atoms with van der Waals surface area (Å²) >= 11 is 0. The molecule has 8 nitrogen and oxygen atoms in total. The van der Waals surface area contributed by atoms with Gasteiger partial charge in [-0.2, -0.15) is 0 Å². The number of ether oxygens (including phenoxy) is 1. The van der Waals surface area contributed by atoms with Crippen molar-refractivity contribution in [3.63, 3.8) is 0 Å². The van der Waals surface area contributed by atoms with E-state index < -0.39 is 0 Å². The zero-order chi connectivity index (χ0) is 25.3. The molecule has 0 aliphatic heterocycles. The van der Waals surface area contributed by atoms with Gasteiger partial charge < -0.3 is 21.1 Å². The Morgan fingerprint density at radius 2 is 1.67 bits per heavy atom. The molecule has 184 valence electrons. The van der Waals surface area contributed by atoms with Crippen molar-refractivity contribution < 1.29 is 9.53 Å². The van der Waals surface area contributed by atoms with E-state index in [1.807, 2.05) is 54.6 Å². The number of hydrogen-bond acceptors (Lipinski definition) is 7. The molecule has 2 aromatic carbocycles. The normalized spacial score (nSPS) is 17.4. The molecule has 1 saturated carbocycles. The van der Waals surface area contributed by atoms with Crippen molar-refractivity contribution in [1.82, 2.24) is 15.3 Å². The first-order valence-electron chi connectivity index (χ1n) is 12.0. The molecule has 8 heteroatoms. The van der Waals surface area contributed by atoms with Gasteiger partial charge in [-0.15, -0.1) is 0 Å². The van der Waals surface area contributed by atoms with E-state index in [0.29, 0.717) is 22.9 Å². The minimum absolute atomic E-state index is 0.135. The Balaban J connectivity index is 1.47. The minimum atomic E-state index is -0.219. The number of aromatic nitrogens is 2. The Labute approximate surface area is 211 Å². The van der Waals surface area contributed by atoms with Crippen molar-refractivity contribution in [2.24, 2.45) is 4.99 Å². The number of aliphatic imine (C=N–C) groups is 1. The molecule has 0 unspecified atom stereocenters. The SMILES string of the molecule is CC#CC(=O)NC1CCC(Nc2ncnc(N)c2C(=NC)c2ccc(Oc3ccccc3)cc2)CC1. The zero-order valence-electron chi connectivity index (χ0n) is 20.5. The number of nitrogens with zero attached hydrogens (tertiary/aromatic N) is 3. The Bertz CT molecular complexity index is 1270. The second kappa shape index (κ2) is 11.8. The topological polar surface area (TPSA) is 115 Å². The van der Waals surface area contributed by atoms with E-state index in [9.17, 15) is 4.79 Å². The molecule has 0 radical (unpaired) electrons. The van der Waals surface area contributed by atoms with Crippen LogP contribution in [0, 0.1) is 11.8 Å². The van der Waals surface area contributed by atoms with Gasteiger partial charge in [0.05, 0.1) is 11.3 Å². The van der Waals surface area contributed by atoms with Gasteiger partial charge in [0.2, 0.25) is 0 Å². The fourth-order valence-corrected chi connectivity index (χ4v) is 4.34. The lowest BCUT2D eigenvalue weighted by Gasteiger charge is -2.30. The molecule has 0 spiro atoms. The van der Waals surface area contributed by atoms with Crippen LogP contribution in [0.2, 0.25) is 0 Å². The second-order valence-electron chi connectivity index (χ2n) is 8.54. The van der Waals surface area contributed by atoms with Crippen LogP contribution in [0.25, 0.3) is 0 Å². The third-order valence-electron chi connectivity index (χ3n) is 6.09. The number of hydrogen-bond donors (Lipinski definition) is 3. The summed E-state index contributed by atoms with van der Waals surface area (Å²) in [5.74, 6) is 7.46.